The van der Waals surface area contributed by atoms with Crippen molar-refractivity contribution in [1.29, 1.82) is 0 Å². The van der Waals surface area contributed by atoms with E-state index < -0.39 is 5.97 Å². The molecule has 24 heavy (non-hydrogen) atoms. The van der Waals surface area contributed by atoms with Gasteiger partial charge in [-0.2, -0.15) is 0 Å². The summed E-state index contributed by atoms with van der Waals surface area (Å²) in [6, 6.07) is 10.5. The summed E-state index contributed by atoms with van der Waals surface area (Å²) < 4.78 is 0. The summed E-state index contributed by atoms with van der Waals surface area (Å²) in [6.07, 6.45) is 6.05. The van der Waals surface area contributed by atoms with Crippen LogP contribution in [-0.2, 0) is 4.79 Å². The molecule has 0 unspecified atom stereocenters. The molecule has 5 heteroatoms. The van der Waals surface area contributed by atoms with E-state index in [9.17, 15) is 9.59 Å². The molecule has 3 N–H and O–H groups in total. The first kappa shape index (κ1) is 16.8. The van der Waals surface area contributed by atoms with Gasteiger partial charge in [0.2, 0.25) is 0 Å². The highest BCUT2D eigenvalue weighted by Gasteiger charge is 2.31. The first-order valence-electron chi connectivity index (χ1n) is 8.98. The third kappa shape index (κ3) is 4.08. The van der Waals surface area contributed by atoms with E-state index in [2.05, 4.69) is 22.8 Å². The predicted octanol–water partition coefficient (Wildman–Crippen LogP) is 3.27. The van der Waals surface area contributed by atoms with Gasteiger partial charge < -0.3 is 15.7 Å². The largest absolute Gasteiger partial charge is 0.481 e. The molecule has 0 bridgehead atoms. The summed E-state index contributed by atoms with van der Waals surface area (Å²) >= 11 is 0. The molecule has 0 saturated heterocycles. The van der Waals surface area contributed by atoms with Gasteiger partial charge in [0.05, 0.1) is 5.92 Å². The van der Waals surface area contributed by atoms with Crippen LogP contribution in [0.15, 0.2) is 30.3 Å². The third-order valence-electron chi connectivity index (χ3n) is 5.47. The molecule has 2 aliphatic carbocycles. The zero-order valence-electron chi connectivity index (χ0n) is 13.9. The van der Waals surface area contributed by atoms with Crippen LogP contribution in [0, 0.1) is 5.92 Å². The van der Waals surface area contributed by atoms with Crippen molar-refractivity contribution in [1.82, 2.24) is 10.6 Å². The molecule has 3 rings (SSSR count). The van der Waals surface area contributed by atoms with Gasteiger partial charge in [0.15, 0.2) is 0 Å². The van der Waals surface area contributed by atoms with Crippen LogP contribution in [-0.4, -0.2) is 29.2 Å². The van der Waals surface area contributed by atoms with Crippen molar-refractivity contribution in [2.45, 2.75) is 62.9 Å². The number of rotatable bonds is 4. The van der Waals surface area contributed by atoms with Crippen LogP contribution in [0.3, 0.4) is 0 Å². The summed E-state index contributed by atoms with van der Waals surface area (Å²) in [5.74, 6) is -0.572. The van der Waals surface area contributed by atoms with E-state index in [1.807, 2.05) is 18.2 Å². The molecule has 0 aromatic heterocycles. The van der Waals surface area contributed by atoms with Gasteiger partial charge in [-0.1, -0.05) is 36.8 Å². The number of amides is 2. The van der Waals surface area contributed by atoms with Crippen LogP contribution in [0.4, 0.5) is 4.79 Å². The molecule has 2 aliphatic rings. The molecular formula is C19H26N2O3. The van der Waals surface area contributed by atoms with Crippen molar-refractivity contribution in [3.63, 3.8) is 0 Å². The van der Waals surface area contributed by atoms with Crippen molar-refractivity contribution < 1.29 is 14.7 Å². The Morgan fingerprint density at radius 3 is 2.29 bits per heavy atom. The molecular weight excluding hydrogens is 304 g/mol. The Morgan fingerprint density at radius 2 is 1.62 bits per heavy atom. The van der Waals surface area contributed by atoms with Gasteiger partial charge in [-0.05, 0) is 44.1 Å². The van der Waals surface area contributed by atoms with E-state index in [0.717, 1.165) is 32.1 Å². The average molecular weight is 330 g/mol. The Kier molecular flexibility index (Phi) is 5.38. The zero-order chi connectivity index (χ0) is 16.9. The van der Waals surface area contributed by atoms with Gasteiger partial charge in [0.1, 0.15) is 0 Å². The summed E-state index contributed by atoms with van der Waals surface area (Å²) in [7, 11) is 0. The molecule has 1 aromatic carbocycles. The standard InChI is InChI=1S/C19H26N2O3/c22-18(23)14-9-11-15(12-10-14)20-19(24)21-17-8-4-7-16(17)13-5-2-1-3-6-13/h1-3,5-6,14-17H,4,7-12H2,(H,22,23)(H2,20,21,24)/t14?,15?,16-,17+/m0/s1. The summed E-state index contributed by atoms with van der Waals surface area (Å²) in [5.41, 5.74) is 1.29. The number of carbonyl (C=O) groups excluding carboxylic acids is 1. The van der Waals surface area contributed by atoms with Gasteiger partial charge in [-0.3, -0.25) is 4.79 Å². The van der Waals surface area contributed by atoms with Crippen LogP contribution in [0.25, 0.3) is 0 Å². The molecule has 2 atom stereocenters. The second-order valence-electron chi connectivity index (χ2n) is 7.06. The van der Waals surface area contributed by atoms with E-state index in [0.29, 0.717) is 18.8 Å². The number of aliphatic carboxylic acids is 1. The number of urea groups is 1. The first-order valence-corrected chi connectivity index (χ1v) is 8.98. The van der Waals surface area contributed by atoms with Crippen LogP contribution in [0.2, 0.25) is 0 Å². The second-order valence-corrected chi connectivity index (χ2v) is 7.06. The topological polar surface area (TPSA) is 78.4 Å². The van der Waals surface area contributed by atoms with Crippen molar-refractivity contribution >= 4 is 12.0 Å². The maximum atomic E-state index is 12.3. The Labute approximate surface area is 142 Å². The minimum atomic E-state index is -0.713. The van der Waals surface area contributed by atoms with Gasteiger partial charge in [0.25, 0.3) is 0 Å². The first-order chi connectivity index (χ1) is 11.6. The number of hydrogen-bond acceptors (Lipinski definition) is 2. The average Bonchev–Trinajstić information content (AvgIpc) is 3.04. The fraction of sp³-hybridized carbons (Fsp3) is 0.579. The summed E-state index contributed by atoms with van der Waals surface area (Å²) in [4.78, 5) is 23.3. The molecule has 2 amide bonds. The van der Waals surface area contributed by atoms with Gasteiger partial charge in [-0.25, -0.2) is 4.79 Å². The minimum absolute atomic E-state index is 0.0946. The SMILES string of the molecule is O=C(NC1CCC(C(=O)O)CC1)N[C@@H]1CCC[C@H]1c1ccccc1. The normalized spacial score (nSPS) is 29.8. The zero-order valence-corrected chi connectivity index (χ0v) is 13.9. The maximum absolute atomic E-state index is 12.3. The minimum Gasteiger partial charge on any atom is -0.481 e. The Balaban J connectivity index is 1.49. The van der Waals surface area contributed by atoms with Crippen LogP contribution in [0.1, 0.15) is 56.4 Å². The lowest BCUT2D eigenvalue weighted by molar-refractivity contribution is -0.142. The van der Waals surface area contributed by atoms with E-state index in [-0.39, 0.29) is 24.0 Å². The second kappa shape index (κ2) is 7.69. The maximum Gasteiger partial charge on any atom is 0.315 e. The monoisotopic (exact) mass is 330 g/mol. The quantitative estimate of drug-likeness (QED) is 0.793. The third-order valence-corrected chi connectivity index (χ3v) is 5.47. The molecule has 130 valence electrons. The Morgan fingerprint density at radius 1 is 0.917 bits per heavy atom. The smallest absolute Gasteiger partial charge is 0.315 e. The van der Waals surface area contributed by atoms with Gasteiger partial charge >= 0.3 is 12.0 Å². The van der Waals surface area contributed by atoms with Crippen molar-refractivity contribution in [2.75, 3.05) is 0 Å². The number of carboxylic acid groups (broad SMARTS) is 1. The Hall–Kier alpha value is -2.04. The number of hydrogen-bond donors (Lipinski definition) is 3. The van der Waals surface area contributed by atoms with E-state index in [4.69, 9.17) is 5.11 Å². The lowest BCUT2D eigenvalue weighted by Crippen LogP contribution is -2.48. The van der Waals surface area contributed by atoms with Gasteiger partial charge in [0, 0.05) is 18.0 Å². The molecule has 0 aliphatic heterocycles. The molecule has 1 aromatic rings. The van der Waals surface area contributed by atoms with E-state index in [1.165, 1.54) is 5.56 Å². The molecule has 5 nitrogen and oxygen atoms in total. The summed E-state index contributed by atoms with van der Waals surface area (Å²) in [6.45, 7) is 0. The van der Waals surface area contributed by atoms with Crippen LogP contribution >= 0.6 is 0 Å². The van der Waals surface area contributed by atoms with Crippen molar-refractivity contribution in [2.24, 2.45) is 5.92 Å². The molecule has 0 radical (unpaired) electrons. The lowest BCUT2D eigenvalue weighted by atomic mass is 9.86. The van der Waals surface area contributed by atoms with E-state index >= 15 is 0 Å². The van der Waals surface area contributed by atoms with Gasteiger partial charge in [-0.15, -0.1) is 0 Å². The highest BCUT2D eigenvalue weighted by atomic mass is 16.4. The highest BCUT2D eigenvalue weighted by Crippen LogP contribution is 2.34. The molecule has 2 saturated carbocycles. The fourth-order valence-electron chi connectivity index (χ4n) is 4.11. The molecule has 0 spiro atoms. The number of nitrogens with one attached hydrogen (secondary N) is 2. The summed E-state index contributed by atoms with van der Waals surface area (Å²) in [5, 5.41) is 15.2. The lowest BCUT2D eigenvalue weighted by Gasteiger charge is -2.28. The van der Waals surface area contributed by atoms with E-state index in [1.54, 1.807) is 0 Å². The molecule has 0 heterocycles. The van der Waals surface area contributed by atoms with Crippen molar-refractivity contribution in [3.05, 3.63) is 35.9 Å². The molecule has 2 fully saturated rings. The number of carboxylic acids is 1. The number of benzene rings is 1. The van der Waals surface area contributed by atoms with Crippen LogP contribution in [0.5, 0.6) is 0 Å². The number of carbonyl (C=O) groups is 2. The Bertz CT molecular complexity index is 567. The van der Waals surface area contributed by atoms with Crippen molar-refractivity contribution in [3.8, 4) is 0 Å². The predicted molar refractivity (Wildman–Crippen MR) is 91.9 cm³/mol. The highest BCUT2D eigenvalue weighted by molar-refractivity contribution is 5.75. The van der Waals surface area contributed by atoms with Crippen LogP contribution < -0.4 is 10.6 Å². The fourth-order valence-corrected chi connectivity index (χ4v) is 4.11.